The molecule has 0 aliphatic rings. The molecule has 0 bridgehead atoms. The number of methoxy groups -OCH3 is 1. The number of hydrogen-bond donors (Lipinski definition) is 1. The van der Waals surface area contributed by atoms with Crippen molar-refractivity contribution in [3.05, 3.63) is 58.8 Å². The van der Waals surface area contributed by atoms with E-state index in [1.54, 1.807) is 18.2 Å². The third-order valence-electron chi connectivity index (χ3n) is 3.80. The minimum absolute atomic E-state index is 0.407. The average molecular weight is 398 g/mol. The summed E-state index contributed by atoms with van der Waals surface area (Å²) in [5, 5.41) is 4.73. The van der Waals surface area contributed by atoms with E-state index in [1.165, 1.54) is 13.4 Å². The highest BCUT2D eigenvalue weighted by molar-refractivity contribution is 9.10. The van der Waals surface area contributed by atoms with Crippen LogP contribution in [0.1, 0.15) is 10.4 Å². The Balaban J connectivity index is 1.88. The molecule has 25 heavy (non-hydrogen) atoms. The van der Waals surface area contributed by atoms with E-state index in [0.717, 1.165) is 15.5 Å². The molecule has 2 heterocycles. The summed E-state index contributed by atoms with van der Waals surface area (Å²) in [6.45, 7) is 0. The summed E-state index contributed by atoms with van der Waals surface area (Å²) in [5.41, 5.74) is 2.39. The maximum absolute atomic E-state index is 11.8. The van der Waals surface area contributed by atoms with Crippen molar-refractivity contribution in [2.24, 2.45) is 0 Å². The number of benzene rings is 2. The number of carbonyl (C=O) groups is 1. The number of rotatable bonds is 3. The number of hydrogen-bond acceptors (Lipinski definition) is 6. The lowest BCUT2D eigenvalue weighted by Gasteiger charge is -2.06. The molecule has 2 aromatic heterocycles. The van der Waals surface area contributed by atoms with Gasteiger partial charge in [-0.05, 0) is 42.5 Å². The van der Waals surface area contributed by atoms with Gasteiger partial charge in [0.05, 0.1) is 18.1 Å². The van der Waals surface area contributed by atoms with E-state index in [0.29, 0.717) is 28.1 Å². The van der Waals surface area contributed by atoms with Gasteiger partial charge in [-0.3, -0.25) is 0 Å². The van der Waals surface area contributed by atoms with Gasteiger partial charge in [-0.1, -0.05) is 15.9 Å². The number of nitrogens with one attached hydrogen (secondary N) is 1. The van der Waals surface area contributed by atoms with Crippen molar-refractivity contribution in [2.75, 3.05) is 12.4 Å². The molecular formula is C18H12BrN3O3. The standard InChI is InChI=1S/C18H12BrN3O3/c1-24-18(23)10-2-7-14-13(8-10)15-16(20-9-21-17(15)25-14)22-12-5-3-11(19)4-6-12/h2-9H,1H3,(H,20,21,22). The Morgan fingerprint density at radius 3 is 2.72 bits per heavy atom. The Morgan fingerprint density at radius 2 is 1.96 bits per heavy atom. The molecule has 4 aromatic rings. The van der Waals surface area contributed by atoms with Crippen molar-refractivity contribution < 1.29 is 13.9 Å². The fourth-order valence-corrected chi connectivity index (χ4v) is 2.88. The Hall–Kier alpha value is -2.93. The third kappa shape index (κ3) is 2.83. The van der Waals surface area contributed by atoms with Crippen molar-refractivity contribution in [2.45, 2.75) is 0 Å². The largest absolute Gasteiger partial charge is 0.465 e. The maximum atomic E-state index is 11.8. The predicted octanol–water partition coefficient (Wildman–Crippen LogP) is 4.67. The first-order chi connectivity index (χ1) is 12.2. The van der Waals surface area contributed by atoms with Crippen LogP contribution in [-0.2, 0) is 4.74 Å². The van der Waals surface area contributed by atoms with E-state index in [4.69, 9.17) is 9.15 Å². The van der Waals surface area contributed by atoms with Crippen molar-refractivity contribution in [1.82, 2.24) is 9.97 Å². The Morgan fingerprint density at radius 1 is 1.16 bits per heavy atom. The van der Waals surface area contributed by atoms with E-state index in [-0.39, 0.29) is 0 Å². The van der Waals surface area contributed by atoms with Gasteiger partial charge < -0.3 is 14.5 Å². The first-order valence-corrected chi connectivity index (χ1v) is 8.23. The van der Waals surface area contributed by atoms with Gasteiger partial charge in [0.2, 0.25) is 5.71 Å². The Bertz CT molecular complexity index is 1090. The molecule has 124 valence electrons. The summed E-state index contributed by atoms with van der Waals surface area (Å²) < 4.78 is 11.5. The molecular weight excluding hydrogens is 386 g/mol. The zero-order valence-electron chi connectivity index (χ0n) is 13.1. The van der Waals surface area contributed by atoms with E-state index in [9.17, 15) is 4.79 Å². The summed E-state index contributed by atoms with van der Waals surface area (Å²) in [6, 6.07) is 12.8. The van der Waals surface area contributed by atoms with Gasteiger partial charge in [-0.15, -0.1) is 0 Å². The van der Waals surface area contributed by atoms with Crippen LogP contribution in [0, 0.1) is 0 Å². The van der Waals surface area contributed by atoms with E-state index >= 15 is 0 Å². The molecule has 0 aliphatic heterocycles. The summed E-state index contributed by atoms with van der Waals surface area (Å²) in [5.74, 6) is 0.198. The molecule has 0 saturated heterocycles. The van der Waals surface area contributed by atoms with Crippen LogP contribution in [0.5, 0.6) is 0 Å². The Labute approximate surface area is 151 Å². The third-order valence-corrected chi connectivity index (χ3v) is 4.32. The van der Waals surface area contributed by atoms with E-state index in [2.05, 4.69) is 31.2 Å². The molecule has 0 fully saturated rings. The zero-order chi connectivity index (χ0) is 17.4. The second-order valence-corrected chi connectivity index (χ2v) is 6.25. The molecule has 0 spiro atoms. The van der Waals surface area contributed by atoms with Gasteiger partial charge in [-0.25, -0.2) is 14.8 Å². The van der Waals surface area contributed by atoms with Gasteiger partial charge in [0.25, 0.3) is 0 Å². The van der Waals surface area contributed by atoms with Crippen LogP contribution in [0.3, 0.4) is 0 Å². The smallest absolute Gasteiger partial charge is 0.337 e. The summed E-state index contributed by atoms with van der Waals surface area (Å²) in [6.07, 6.45) is 1.44. The number of anilines is 2. The van der Waals surface area contributed by atoms with Gasteiger partial charge in [0.1, 0.15) is 17.7 Å². The predicted molar refractivity (Wildman–Crippen MR) is 98.1 cm³/mol. The number of furan rings is 1. The number of nitrogens with zero attached hydrogens (tertiary/aromatic N) is 2. The molecule has 0 radical (unpaired) electrons. The van der Waals surface area contributed by atoms with E-state index < -0.39 is 5.97 Å². The summed E-state index contributed by atoms with van der Waals surface area (Å²) >= 11 is 3.41. The summed E-state index contributed by atoms with van der Waals surface area (Å²) in [4.78, 5) is 20.3. The molecule has 0 amide bonds. The van der Waals surface area contributed by atoms with Crippen LogP contribution >= 0.6 is 15.9 Å². The fourth-order valence-electron chi connectivity index (χ4n) is 2.62. The average Bonchev–Trinajstić information content (AvgIpc) is 3.01. The lowest BCUT2D eigenvalue weighted by Crippen LogP contribution is -2.00. The monoisotopic (exact) mass is 397 g/mol. The minimum atomic E-state index is -0.407. The topological polar surface area (TPSA) is 77.2 Å². The lowest BCUT2D eigenvalue weighted by atomic mass is 10.1. The van der Waals surface area contributed by atoms with Gasteiger partial charge >= 0.3 is 5.97 Å². The van der Waals surface area contributed by atoms with Crippen LogP contribution < -0.4 is 5.32 Å². The Kier molecular flexibility index (Phi) is 3.85. The van der Waals surface area contributed by atoms with Gasteiger partial charge in [0, 0.05) is 15.5 Å². The second kappa shape index (κ2) is 6.18. The number of ether oxygens (including phenoxy) is 1. The minimum Gasteiger partial charge on any atom is -0.465 e. The van der Waals surface area contributed by atoms with Crippen molar-refractivity contribution in [3.8, 4) is 0 Å². The van der Waals surface area contributed by atoms with Crippen LogP contribution in [0.4, 0.5) is 11.5 Å². The highest BCUT2D eigenvalue weighted by Crippen LogP contribution is 2.33. The van der Waals surface area contributed by atoms with Crippen LogP contribution in [0.25, 0.3) is 22.1 Å². The molecule has 7 heteroatoms. The van der Waals surface area contributed by atoms with E-state index in [1.807, 2.05) is 24.3 Å². The van der Waals surface area contributed by atoms with Crippen molar-refractivity contribution in [3.63, 3.8) is 0 Å². The number of halogens is 1. The van der Waals surface area contributed by atoms with Crippen molar-refractivity contribution in [1.29, 1.82) is 0 Å². The molecule has 4 rings (SSSR count). The number of esters is 1. The van der Waals surface area contributed by atoms with Crippen LogP contribution in [-0.4, -0.2) is 23.0 Å². The first kappa shape index (κ1) is 15.6. The molecule has 0 unspecified atom stereocenters. The highest BCUT2D eigenvalue weighted by atomic mass is 79.9. The lowest BCUT2D eigenvalue weighted by molar-refractivity contribution is 0.0601. The van der Waals surface area contributed by atoms with Gasteiger partial charge in [-0.2, -0.15) is 0 Å². The SMILES string of the molecule is COC(=O)c1ccc2oc3ncnc(Nc4ccc(Br)cc4)c3c2c1. The molecule has 1 N–H and O–H groups in total. The number of carbonyl (C=O) groups excluding carboxylic acids is 1. The number of fused-ring (bicyclic) bond motifs is 3. The quantitative estimate of drug-likeness (QED) is 0.506. The molecule has 2 aromatic carbocycles. The molecule has 0 aliphatic carbocycles. The fraction of sp³-hybridized carbons (Fsp3) is 0.0556. The summed E-state index contributed by atoms with van der Waals surface area (Å²) in [7, 11) is 1.35. The first-order valence-electron chi connectivity index (χ1n) is 7.44. The maximum Gasteiger partial charge on any atom is 0.337 e. The van der Waals surface area contributed by atoms with Crippen molar-refractivity contribution >= 4 is 55.5 Å². The van der Waals surface area contributed by atoms with Crippen LogP contribution in [0.2, 0.25) is 0 Å². The second-order valence-electron chi connectivity index (χ2n) is 5.34. The molecule has 0 atom stereocenters. The van der Waals surface area contributed by atoms with Crippen LogP contribution in [0.15, 0.2) is 57.7 Å². The number of aromatic nitrogens is 2. The highest BCUT2D eigenvalue weighted by Gasteiger charge is 2.16. The molecule has 6 nitrogen and oxygen atoms in total. The zero-order valence-corrected chi connectivity index (χ0v) is 14.7. The molecule has 0 saturated carbocycles. The normalized spacial score (nSPS) is 11.0. The van der Waals surface area contributed by atoms with Gasteiger partial charge in [0.15, 0.2) is 0 Å².